The van der Waals surface area contributed by atoms with Gasteiger partial charge in [0.15, 0.2) is 6.04 Å². The number of nitrogens with one attached hydrogen (secondary N) is 1. The fraction of sp³-hybridized carbons (Fsp3) is 0.385. The number of carbonyl (C=O) groups excluding carboxylic acids is 1. The summed E-state index contributed by atoms with van der Waals surface area (Å²) < 4.78 is 0. The summed E-state index contributed by atoms with van der Waals surface area (Å²) in [6.45, 7) is 1.32. The van der Waals surface area contributed by atoms with Gasteiger partial charge in [-0.1, -0.05) is 24.3 Å². The zero-order valence-electron chi connectivity index (χ0n) is 9.64. The van der Waals surface area contributed by atoms with E-state index in [2.05, 4.69) is 5.32 Å². The highest BCUT2D eigenvalue weighted by Gasteiger charge is 2.26. The maximum Gasteiger partial charge on any atom is 0.330 e. The Labute approximate surface area is 99.6 Å². The van der Waals surface area contributed by atoms with E-state index < -0.39 is 12.0 Å². The van der Waals surface area contributed by atoms with Gasteiger partial charge in [-0.3, -0.25) is 4.79 Å². The lowest BCUT2D eigenvalue weighted by Crippen LogP contribution is -2.32. The maximum atomic E-state index is 11.1. The van der Waals surface area contributed by atoms with Crippen molar-refractivity contribution in [2.75, 3.05) is 0 Å². The molecule has 2 rings (SSSR count). The number of hydrogen-bond acceptors (Lipinski definition) is 2. The third kappa shape index (κ3) is 2.84. The molecule has 1 amide bonds. The first-order chi connectivity index (χ1) is 8.08. The first-order valence-corrected chi connectivity index (χ1v) is 5.67. The Balaban J connectivity index is 2.25. The van der Waals surface area contributed by atoms with Gasteiger partial charge in [-0.15, -0.1) is 0 Å². The number of rotatable bonds is 4. The highest BCUT2D eigenvalue weighted by atomic mass is 16.4. The van der Waals surface area contributed by atoms with Gasteiger partial charge in [0.05, 0.1) is 0 Å². The van der Waals surface area contributed by atoms with Crippen molar-refractivity contribution in [1.29, 1.82) is 0 Å². The van der Waals surface area contributed by atoms with Crippen molar-refractivity contribution in [1.82, 2.24) is 5.32 Å². The van der Waals surface area contributed by atoms with Crippen molar-refractivity contribution in [3.63, 3.8) is 0 Å². The maximum absolute atomic E-state index is 11.1. The molecule has 1 atom stereocenters. The zero-order valence-corrected chi connectivity index (χ0v) is 9.64. The van der Waals surface area contributed by atoms with Crippen molar-refractivity contribution in [3.05, 3.63) is 35.4 Å². The van der Waals surface area contributed by atoms with Gasteiger partial charge in [0, 0.05) is 6.92 Å². The molecular weight excluding hydrogens is 218 g/mol. The summed E-state index contributed by atoms with van der Waals surface area (Å²) in [6, 6.07) is 6.52. The van der Waals surface area contributed by atoms with E-state index in [9.17, 15) is 9.59 Å². The van der Waals surface area contributed by atoms with Crippen LogP contribution in [0.15, 0.2) is 24.3 Å². The number of carboxylic acid groups (broad SMARTS) is 1. The SMILES string of the molecule is CC(=O)NC(C(=O)O)c1cccc(C2CC2)c1. The summed E-state index contributed by atoms with van der Waals surface area (Å²) in [5, 5.41) is 11.5. The second-order valence-corrected chi connectivity index (χ2v) is 4.42. The molecule has 1 aliphatic carbocycles. The lowest BCUT2D eigenvalue weighted by atomic mass is 10.0. The molecule has 0 bridgehead atoms. The van der Waals surface area contributed by atoms with Gasteiger partial charge in [-0.2, -0.15) is 0 Å². The Morgan fingerprint density at radius 3 is 2.65 bits per heavy atom. The average molecular weight is 233 g/mol. The molecule has 2 N–H and O–H groups in total. The van der Waals surface area contributed by atoms with E-state index in [1.165, 1.54) is 25.3 Å². The largest absolute Gasteiger partial charge is 0.479 e. The van der Waals surface area contributed by atoms with Gasteiger partial charge in [0.2, 0.25) is 5.91 Å². The van der Waals surface area contributed by atoms with E-state index >= 15 is 0 Å². The van der Waals surface area contributed by atoms with Crippen LogP contribution in [0.2, 0.25) is 0 Å². The monoisotopic (exact) mass is 233 g/mol. The third-order valence-corrected chi connectivity index (χ3v) is 2.89. The predicted molar refractivity (Wildman–Crippen MR) is 62.6 cm³/mol. The Kier molecular flexibility index (Phi) is 3.13. The van der Waals surface area contributed by atoms with Crippen LogP contribution in [0.4, 0.5) is 0 Å². The highest BCUT2D eigenvalue weighted by Crippen LogP contribution is 2.40. The minimum absolute atomic E-state index is 0.339. The molecule has 1 aromatic rings. The molecular formula is C13H15NO3. The molecule has 1 unspecified atom stereocenters. The lowest BCUT2D eigenvalue weighted by molar-refractivity contribution is -0.141. The highest BCUT2D eigenvalue weighted by molar-refractivity contribution is 5.83. The fourth-order valence-corrected chi connectivity index (χ4v) is 1.90. The van der Waals surface area contributed by atoms with Crippen LogP contribution in [0.1, 0.15) is 42.9 Å². The van der Waals surface area contributed by atoms with Crippen molar-refractivity contribution in [2.45, 2.75) is 31.7 Å². The number of aliphatic carboxylic acids is 1. The summed E-state index contributed by atoms with van der Waals surface area (Å²) in [6.07, 6.45) is 2.34. The van der Waals surface area contributed by atoms with Gasteiger partial charge in [0.1, 0.15) is 0 Å². The normalized spacial score (nSPS) is 16.3. The van der Waals surface area contributed by atoms with Crippen molar-refractivity contribution in [2.24, 2.45) is 0 Å². The smallest absolute Gasteiger partial charge is 0.330 e. The summed E-state index contributed by atoms with van der Waals surface area (Å²) in [5.41, 5.74) is 1.80. The Hall–Kier alpha value is -1.84. The Morgan fingerprint density at radius 1 is 1.41 bits per heavy atom. The van der Waals surface area contributed by atoms with Crippen LogP contribution in [-0.2, 0) is 9.59 Å². The molecule has 0 heterocycles. The van der Waals surface area contributed by atoms with E-state index in [1.54, 1.807) is 6.07 Å². The van der Waals surface area contributed by atoms with Crippen LogP contribution in [0.3, 0.4) is 0 Å². The summed E-state index contributed by atoms with van der Waals surface area (Å²) in [7, 11) is 0. The molecule has 0 spiro atoms. The predicted octanol–water partition coefficient (Wildman–Crippen LogP) is 1.83. The van der Waals surface area contributed by atoms with Crippen LogP contribution >= 0.6 is 0 Å². The van der Waals surface area contributed by atoms with Crippen molar-refractivity contribution in [3.8, 4) is 0 Å². The van der Waals surface area contributed by atoms with Crippen LogP contribution in [-0.4, -0.2) is 17.0 Å². The molecule has 1 aromatic carbocycles. The van der Waals surface area contributed by atoms with E-state index in [-0.39, 0.29) is 5.91 Å². The second-order valence-electron chi connectivity index (χ2n) is 4.42. The van der Waals surface area contributed by atoms with E-state index in [0.717, 1.165) is 0 Å². The molecule has 4 nitrogen and oxygen atoms in total. The molecule has 4 heteroatoms. The molecule has 17 heavy (non-hydrogen) atoms. The number of hydrogen-bond donors (Lipinski definition) is 2. The molecule has 1 saturated carbocycles. The number of amides is 1. The van der Waals surface area contributed by atoms with Crippen LogP contribution < -0.4 is 5.32 Å². The molecule has 0 saturated heterocycles. The summed E-state index contributed by atoms with van der Waals surface area (Å²) >= 11 is 0. The second kappa shape index (κ2) is 4.57. The molecule has 1 fully saturated rings. The summed E-state index contributed by atoms with van der Waals surface area (Å²) in [4.78, 5) is 22.1. The lowest BCUT2D eigenvalue weighted by Gasteiger charge is -2.14. The van der Waals surface area contributed by atoms with Gasteiger partial charge in [0.25, 0.3) is 0 Å². The fourth-order valence-electron chi connectivity index (χ4n) is 1.90. The third-order valence-electron chi connectivity index (χ3n) is 2.89. The standard InChI is InChI=1S/C13H15NO3/c1-8(15)14-12(13(16)17)11-4-2-3-10(7-11)9-5-6-9/h2-4,7,9,12H,5-6H2,1H3,(H,14,15)(H,16,17). The minimum Gasteiger partial charge on any atom is -0.479 e. The Bertz CT molecular complexity index is 452. The topological polar surface area (TPSA) is 66.4 Å². The van der Waals surface area contributed by atoms with Gasteiger partial charge >= 0.3 is 5.97 Å². The van der Waals surface area contributed by atoms with Crippen molar-refractivity contribution < 1.29 is 14.7 Å². The molecule has 1 aliphatic rings. The average Bonchev–Trinajstić information content (AvgIpc) is 3.09. The molecule has 90 valence electrons. The van der Waals surface area contributed by atoms with Gasteiger partial charge < -0.3 is 10.4 Å². The van der Waals surface area contributed by atoms with E-state index in [0.29, 0.717) is 11.5 Å². The first-order valence-electron chi connectivity index (χ1n) is 5.67. The quantitative estimate of drug-likeness (QED) is 0.833. The molecule has 0 aromatic heterocycles. The van der Waals surface area contributed by atoms with Crippen LogP contribution in [0, 0.1) is 0 Å². The van der Waals surface area contributed by atoms with E-state index in [1.807, 2.05) is 18.2 Å². The zero-order chi connectivity index (χ0) is 12.4. The molecule has 0 aliphatic heterocycles. The number of carbonyl (C=O) groups is 2. The summed E-state index contributed by atoms with van der Waals surface area (Å²) in [5.74, 6) is -0.802. The van der Waals surface area contributed by atoms with Crippen LogP contribution in [0.5, 0.6) is 0 Å². The first kappa shape index (κ1) is 11.6. The van der Waals surface area contributed by atoms with E-state index in [4.69, 9.17) is 5.11 Å². The van der Waals surface area contributed by atoms with Gasteiger partial charge in [-0.25, -0.2) is 4.79 Å². The number of benzene rings is 1. The van der Waals surface area contributed by atoms with Crippen molar-refractivity contribution >= 4 is 11.9 Å². The van der Waals surface area contributed by atoms with Gasteiger partial charge in [-0.05, 0) is 29.9 Å². The molecule has 0 radical (unpaired) electrons. The minimum atomic E-state index is -1.03. The number of carboxylic acids is 1. The van der Waals surface area contributed by atoms with Crippen LogP contribution in [0.25, 0.3) is 0 Å². The Morgan fingerprint density at radius 2 is 2.12 bits per heavy atom.